The largest absolute Gasteiger partial charge is 0.550 e. The molecule has 1 aromatic rings. The van der Waals surface area contributed by atoms with Gasteiger partial charge in [-0.15, -0.1) is 0 Å². The van der Waals surface area contributed by atoms with Crippen molar-refractivity contribution in [2.24, 2.45) is 0 Å². The van der Waals surface area contributed by atoms with E-state index in [1.165, 1.54) is 76.4 Å². The molecule has 0 fully saturated rings. The molecule has 0 aliphatic heterocycles. The van der Waals surface area contributed by atoms with Gasteiger partial charge < -0.3 is 9.90 Å². The lowest BCUT2D eigenvalue weighted by Crippen LogP contribution is -2.37. The molecule has 0 aromatic carbocycles. The molecule has 1 heterocycles. The molecule has 0 unspecified atom stereocenters. The van der Waals surface area contributed by atoms with Gasteiger partial charge in [-0.1, -0.05) is 71.3 Å². The second-order valence-corrected chi connectivity index (χ2v) is 6.41. The summed E-state index contributed by atoms with van der Waals surface area (Å²) in [5, 5.41) is 8.89. The van der Waals surface area contributed by atoms with Crippen molar-refractivity contribution in [1.82, 2.24) is 0 Å². The zero-order valence-electron chi connectivity index (χ0n) is 16.1. The van der Waals surface area contributed by atoms with Gasteiger partial charge in [0.25, 0.3) is 0 Å². The van der Waals surface area contributed by atoms with Gasteiger partial charge in [0.1, 0.15) is 6.54 Å². The maximum atomic E-state index is 8.89. The Balaban J connectivity index is 0.00000118. The number of carbonyl (C=O) groups excluding carboxylic acids is 1. The van der Waals surface area contributed by atoms with Crippen LogP contribution in [0.15, 0.2) is 24.4 Å². The predicted octanol–water partition coefficient (Wildman–Crippen LogP) is 4.21. The molecule has 1 rings (SSSR count). The first kappa shape index (κ1) is 22.6. The van der Waals surface area contributed by atoms with Gasteiger partial charge in [-0.05, 0) is 13.3 Å². The summed E-state index contributed by atoms with van der Waals surface area (Å²) < 4.78 is 2.42. The number of aromatic nitrogens is 1. The van der Waals surface area contributed by atoms with Crippen LogP contribution in [0.3, 0.4) is 0 Å². The Bertz CT molecular complexity index is 414. The molecular weight excluding hydrogens is 298 g/mol. The first-order chi connectivity index (χ1) is 11.6. The topological polar surface area (TPSA) is 44.0 Å². The third kappa shape index (κ3) is 14.2. The Morgan fingerprint density at radius 2 is 1.42 bits per heavy atom. The number of rotatable bonds is 12. The molecule has 0 amide bonds. The van der Waals surface area contributed by atoms with Crippen molar-refractivity contribution in [2.45, 2.75) is 97.9 Å². The molecule has 0 atom stereocenters. The predicted molar refractivity (Wildman–Crippen MR) is 98.5 cm³/mol. The van der Waals surface area contributed by atoms with E-state index in [1.807, 2.05) is 0 Å². The van der Waals surface area contributed by atoms with Crippen molar-refractivity contribution in [3.05, 3.63) is 30.1 Å². The fourth-order valence-corrected chi connectivity index (χ4v) is 2.82. The van der Waals surface area contributed by atoms with E-state index in [2.05, 4.69) is 42.8 Å². The summed E-state index contributed by atoms with van der Waals surface area (Å²) in [5.41, 5.74) is 1.46. The number of aliphatic carboxylic acids is 1. The summed E-state index contributed by atoms with van der Waals surface area (Å²) in [7, 11) is 0. The SMILES string of the molecule is CC(=O)[O-].CCCCCCCCCCCC[n+]1ccccc1CC. The second-order valence-electron chi connectivity index (χ2n) is 6.41. The molecule has 0 spiro atoms. The molecule has 0 bridgehead atoms. The fourth-order valence-electron chi connectivity index (χ4n) is 2.82. The summed E-state index contributed by atoms with van der Waals surface area (Å²) in [4.78, 5) is 8.89. The van der Waals surface area contributed by atoms with Crippen LogP contribution in [0.4, 0.5) is 0 Å². The van der Waals surface area contributed by atoms with Gasteiger partial charge in [-0.3, -0.25) is 0 Å². The fraction of sp³-hybridized carbons (Fsp3) is 0.714. The van der Waals surface area contributed by atoms with Crippen LogP contribution in [0.5, 0.6) is 0 Å². The molecule has 0 saturated carbocycles. The van der Waals surface area contributed by atoms with Crippen molar-refractivity contribution in [3.8, 4) is 0 Å². The molecule has 3 nitrogen and oxygen atoms in total. The van der Waals surface area contributed by atoms with Crippen LogP contribution in [0.2, 0.25) is 0 Å². The van der Waals surface area contributed by atoms with Gasteiger partial charge in [-0.25, -0.2) is 4.57 Å². The Kier molecular flexibility index (Phi) is 15.5. The molecule has 3 heteroatoms. The van der Waals surface area contributed by atoms with E-state index in [0.29, 0.717) is 0 Å². The normalized spacial score (nSPS) is 10.1. The van der Waals surface area contributed by atoms with E-state index >= 15 is 0 Å². The van der Waals surface area contributed by atoms with Crippen LogP contribution in [0.1, 0.15) is 90.7 Å². The number of nitrogens with zero attached hydrogens (tertiary/aromatic N) is 1. The summed E-state index contributed by atoms with van der Waals surface area (Å²) in [6.45, 7) is 6.69. The van der Waals surface area contributed by atoms with E-state index in [9.17, 15) is 0 Å². The number of carbonyl (C=O) groups is 1. The van der Waals surface area contributed by atoms with Crippen LogP contribution < -0.4 is 9.67 Å². The van der Waals surface area contributed by atoms with Crippen molar-refractivity contribution < 1.29 is 14.5 Å². The zero-order chi connectivity index (χ0) is 18.0. The van der Waals surface area contributed by atoms with E-state index in [-0.39, 0.29) is 0 Å². The van der Waals surface area contributed by atoms with Crippen molar-refractivity contribution >= 4 is 5.97 Å². The molecule has 0 aliphatic rings. The van der Waals surface area contributed by atoms with Crippen molar-refractivity contribution in [3.63, 3.8) is 0 Å². The number of hydrogen-bond donors (Lipinski definition) is 0. The van der Waals surface area contributed by atoms with Gasteiger partial charge in [0, 0.05) is 30.9 Å². The lowest BCUT2D eigenvalue weighted by Gasteiger charge is -2.03. The highest BCUT2D eigenvalue weighted by Crippen LogP contribution is 2.10. The maximum absolute atomic E-state index is 8.89. The van der Waals surface area contributed by atoms with E-state index in [4.69, 9.17) is 9.90 Å². The molecule has 0 saturated heterocycles. The highest BCUT2D eigenvalue weighted by molar-refractivity contribution is 5.60. The smallest absolute Gasteiger partial charge is 0.181 e. The maximum Gasteiger partial charge on any atom is 0.181 e. The number of hydrogen-bond acceptors (Lipinski definition) is 2. The summed E-state index contributed by atoms with van der Waals surface area (Å²) in [5.74, 6) is -1.08. The lowest BCUT2D eigenvalue weighted by atomic mass is 10.1. The zero-order valence-corrected chi connectivity index (χ0v) is 16.1. The van der Waals surface area contributed by atoms with Crippen LogP contribution in [-0.2, 0) is 17.8 Å². The first-order valence-electron chi connectivity index (χ1n) is 9.76. The number of pyridine rings is 1. The molecule has 0 aliphatic carbocycles. The highest BCUT2D eigenvalue weighted by atomic mass is 16.4. The van der Waals surface area contributed by atoms with Crippen LogP contribution >= 0.6 is 0 Å². The molecular formula is C21H37NO2. The van der Waals surface area contributed by atoms with Gasteiger partial charge in [0.2, 0.25) is 0 Å². The highest BCUT2D eigenvalue weighted by Gasteiger charge is 2.05. The van der Waals surface area contributed by atoms with Gasteiger partial charge in [-0.2, -0.15) is 0 Å². The Labute approximate surface area is 149 Å². The van der Waals surface area contributed by atoms with Gasteiger partial charge in [0.15, 0.2) is 11.9 Å². The third-order valence-corrected chi connectivity index (χ3v) is 4.15. The van der Waals surface area contributed by atoms with E-state index in [1.54, 1.807) is 0 Å². The lowest BCUT2D eigenvalue weighted by molar-refractivity contribution is -0.704. The summed E-state index contributed by atoms with van der Waals surface area (Å²) in [6.07, 6.45) is 17.5. The van der Waals surface area contributed by atoms with Crippen LogP contribution in [0, 0.1) is 0 Å². The second kappa shape index (κ2) is 16.5. The quantitative estimate of drug-likeness (QED) is 0.424. The van der Waals surface area contributed by atoms with Crippen LogP contribution in [0.25, 0.3) is 0 Å². The third-order valence-electron chi connectivity index (χ3n) is 4.15. The van der Waals surface area contributed by atoms with Crippen molar-refractivity contribution in [2.75, 3.05) is 0 Å². The molecule has 0 N–H and O–H groups in total. The van der Waals surface area contributed by atoms with E-state index < -0.39 is 5.97 Å². The van der Waals surface area contributed by atoms with Gasteiger partial charge in [0.05, 0.1) is 0 Å². The number of unbranched alkanes of at least 4 members (excludes halogenated alkanes) is 9. The Morgan fingerprint density at radius 1 is 0.917 bits per heavy atom. The molecule has 24 heavy (non-hydrogen) atoms. The average Bonchev–Trinajstić information content (AvgIpc) is 2.56. The number of carboxylic acids is 1. The molecule has 1 aromatic heterocycles. The summed E-state index contributed by atoms with van der Waals surface area (Å²) >= 11 is 0. The standard InChI is InChI=1S/C19H34N.C2H4O2/c1-3-5-6-7-8-9-10-11-12-14-17-20-18-15-13-16-19(20)4-2;1-2(3)4/h13,15-16,18H,3-12,14,17H2,1-2H3;1H3,(H,3,4)/q+1;/p-1. The van der Waals surface area contributed by atoms with E-state index in [0.717, 1.165) is 13.3 Å². The van der Waals surface area contributed by atoms with Crippen LogP contribution in [-0.4, -0.2) is 5.97 Å². The Morgan fingerprint density at radius 3 is 1.92 bits per heavy atom. The minimum Gasteiger partial charge on any atom is -0.550 e. The monoisotopic (exact) mass is 335 g/mol. The van der Waals surface area contributed by atoms with Gasteiger partial charge >= 0.3 is 0 Å². The molecule has 138 valence electrons. The van der Waals surface area contributed by atoms with Crippen molar-refractivity contribution in [1.29, 1.82) is 0 Å². The number of carboxylic acid groups (broad SMARTS) is 1. The minimum absolute atomic E-state index is 0.972. The Hall–Kier alpha value is -1.38. The minimum atomic E-state index is -1.08. The average molecular weight is 336 g/mol. The summed E-state index contributed by atoms with van der Waals surface area (Å²) in [6, 6.07) is 6.54. The first-order valence-corrected chi connectivity index (χ1v) is 9.76. The number of aryl methyl sites for hydroxylation is 2. The molecule has 0 radical (unpaired) electrons.